The van der Waals surface area contributed by atoms with Gasteiger partial charge in [-0.3, -0.25) is 0 Å². The van der Waals surface area contributed by atoms with Gasteiger partial charge in [0.25, 0.3) is 0 Å². The average Bonchev–Trinajstić information content (AvgIpc) is 2.35. The minimum absolute atomic E-state index is 0.329. The van der Waals surface area contributed by atoms with Crippen LogP contribution in [0, 0.1) is 6.92 Å². The van der Waals surface area contributed by atoms with Crippen LogP contribution in [0.1, 0.15) is 5.56 Å². The number of nitrogens with zero attached hydrogens (tertiary/aromatic N) is 1. The molecule has 0 spiro atoms. The predicted octanol–water partition coefficient (Wildman–Crippen LogP) is 3.43. The molecule has 0 aliphatic rings. The van der Waals surface area contributed by atoms with Crippen LogP contribution in [0.4, 0.5) is 5.69 Å². The van der Waals surface area contributed by atoms with Gasteiger partial charge in [-0.25, -0.2) is 0 Å². The van der Waals surface area contributed by atoms with Crippen molar-refractivity contribution in [1.82, 2.24) is 4.98 Å². The quantitative estimate of drug-likeness (QED) is 0.923. The van der Waals surface area contributed by atoms with E-state index in [9.17, 15) is 0 Å². The number of aromatic nitrogens is 1. The van der Waals surface area contributed by atoms with Crippen molar-refractivity contribution in [2.45, 2.75) is 6.92 Å². The van der Waals surface area contributed by atoms with Crippen molar-refractivity contribution in [3.05, 3.63) is 40.9 Å². The van der Waals surface area contributed by atoms with Gasteiger partial charge in [0.05, 0.1) is 17.8 Å². The lowest BCUT2D eigenvalue weighted by Crippen LogP contribution is -1.97. The fraction of sp³-hybridized carbons (Fsp3) is 0.154. The highest BCUT2D eigenvalue weighted by Crippen LogP contribution is 2.31. The minimum atomic E-state index is 0.329. The first-order valence-electron chi connectivity index (χ1n) is 5.34. The van der Waals surface area contributed by atoms with Crippen LogP contribution in [-0.4, -0.2) is 12.1 Å². The van der Waals surface area contributed by atoms with Gasteiger partial charge in [-0.2, -0.15) is 4.98 Å². The second-order valence-electron chi connectivity index (χ2n) is 3.78. The predicted molar refractivity (Wildman–Crippen MR) is 71.5 cm³/mol. The van der Waals surface area contributed by atoms with Crippen molar-refractivity contribution in [3.63, 3.8) is 0 Å². The fourth-order valence-corrected chi connectivity index (χ4v) is 1.73. The second kappa shape index (κ2) is 5.14. The molecule has 1 aromatic carbocycles. The molecule has 0 fully saturated rings. The van der Waals surface area contributed by atoms with E-state index in [1.165, 1.54) is 7.11 Å². The molecule has 0 saturated heterocycles. The first-order chi connectivity index (χ1) is 8.60. The summed E-state index contributed by atoms with van der Waals surface area (Å²) in [5.41, 5.74) is 7.20. The molecular formula is C13H13ClN2O2. The Morgan fingerprint density at radius 2 is 2.00 bits per heavy atom. The van der Waals surface area contributed by atoms with Gasteiger partial charge in [0.1, 0.15) is 5.75 Å². The third kappa shape index (κ3) is 2.65. The number of aryl methyl sites for hydroxylation is 1. The Morgan fingerprint density at radius 1 is 1.22 bits per heavy atom. The number of nitrogen functional groups attached to an aromatic ring is 1. The topological polar surface area (TPSA) is 57.4 Å². The second-order valence-corrected chi connectivity index (χ2v) is 4.19. The lowest BCUT2D eigenvalue weighted by molar-refractivity contribution is 0.385. The van der Waals surface area contributed by atoms with Crippen LogP contribution >= 0.6 is 11.6 Å². The van der Waals surface area contributed by atoms with Gasteiger partial charge in [0.15, 0.2) is 0 Å². The largest absolute Gasteiger partial charge is 0.479 e. The Morgan fingerprint density at radius 3 is 2.67 bits per heavy atom. The molecule has 0 saturated carbocycles. The van der Waals surface area contributed by atoms with Crippen LogP contribution in [-0.2, 0) is 0 Å². The van der Waals surface area contributed by atoms with E-state index < -0.39 is 0 Å². The Hall–Kier alpha value is -1.94. The molecule has 0 unspecified atom stereocenters. The molecule has 5 heteroatoms. The van der Waals surface area contributed by atoms with Gasteiger partial charge in [-0.15, -0.1) is 0 Å². The van der Waals surface area contributed by atoms with Gasteiger partial charge in [0, 0.05) is 6.07 Å². The summed E-state index contributed by atoms with van der Waals surface area (Å²) in [7, 11) is 1.50. The smallest absolute Gasteiger partial charge is 0.240 e. The maximum atomic E-state index is 6.08. The number of methoxy groups -OCH3 is 1. The molecule has 0 aliphatic carbocycles. The summed E-state index contributed by atoms with van der Waals surface area (Å²) in [6.07, 6.45) is 0. The standard InChI is InChI=1S/C13H13ClN2O2/c1-8-3-5-11(9(14)7-8)18-12-6-4-10(15)13(16-12)17-2/h3-7H,15H2,1-2H3. The van der Waals surface area contributed by atoms with Gasteiger partial charge in [-0.05, 0) is 30.7 Å². The van der Waals surface area contributed by atoms with E-state index in [0.717, 1.165) is 5.56 Å². The molecule has 0 radical (unpaired) electrons. The number of hydrogen-bond acceptors (Lipinski definition) is 4. The molecule has 94 valence electrons. The van der Waals surface area contributed by atoms with E-state index in [1.807, 2.05) is 19.1 Å². The number of halogens is 1. The van der Waals surface area contributed by atoms with Crippen molar-refractivity contribution in [2.24, 2.45) is 0 Å². The molecule has 0 aliphatic heterocycles. The highest BCUT2D eigenvalue weighted by molar-refractivity contribution is 6.32. The minimum Gasteiger partial charge on any atom is -0.479 e. The number of benzene rings is 1. The highest BCUT2D eigenvalue weighted by atomic mass is 35.5. The Kier molecular flexibility index (Phi) is 3.58. The van der Waals surface area contributed by atoms with Gasteiger partial charge in [0.2, 0.25) is 11.8 Å². The molecule has 0 atom stereocenters. The number of anilines is 1. The van der Waals surface area contributed by atoms with Crippen LogP contribution in [0.2, 0.25) is 5.02 Å². The Bertz CT molecular complexity index is 573. The summed E-state index contributed by atoms with van der Waals surface area (Å²) in [5, 5.41) is 0.535. The number of ether oxygens (including phenoxy) is 2. The fourth-order valence-electron chi connectivity index (χ4n) is 1.46. The van der Waals surface area contributed by atoms with Crippen LogP contribution in [0.3, 0.4) is 0 Å². The molecule has 0 bridgehead atoms. The third-order valence-electron chi connectivity index (χ3n) is 2.36. The maximum absolute atomic E-state index is 6.08. The van der Waals surface area contributed by atoms with E-state index in [4.69, 9.17) is 26.8 Å². The summed E-state index contributed by atoms with van der Waals surface area (Å²) in [4.78, 5) is 4.12. The monoisotopic (exact) mass is 264 g/mol. The van der Waals surface area contributed by atoms with Crippen molar-refractivity contribution >= 4 is 17.3 Å². The number of hydrogen-bond donors (Lipinski definition) is 1. The molecule has 1 aromatic heterocycles. The molecule has 2 aromatic rings. The van der Waals surface area contributed by atoms with Crippen molar-refractivity contribution in [2.75, 3.05) is 12.8 Å². The number of pyridine rings is 1. The number of nitrogens with two attached hydrogens (primary N) is 1. The van der Waals surface area contributed by atoms with Crippen LogP contribution < -0.4 is 15.2 Å². The van der Waals surface area contributed by atoms with E-state index >= 15 is 0 Å². The van der Waals surface area contributed by atoms with Gasteiger partial charge < -0.3 is 15.2 Å². The summed E-state index contributed by atoms with van der Waals surface area (Å²) in [6, 6.07) is 8.86. The zero-order valence-electron chi connectivity index (χ0n) is 10.1. The summed E-state index contributed by atoms with van der Waals surface area (Å²) < 4.78 is 10.6. The first-order valence-corrected chi connectivity index (χ1v) is 5.72. The molecule has 4 nitrogen and oxygen atoms in total. The van der Waals surface area contributed by atoms with Crippen LogP contribution in [0.25, 0.3) is 0 Å². The zero-order chi connectivity index (χ0) is 13.1. The average molecular weight is 265 g/mol. The molecule has 0 amide bonds. The molecule has 2 rings (SSSR count). The van der Waals surface area contributed by atoms with Crippen molar-refractivity contribution in [1.29, 1.82) is 0 Å². The third-order valence-corrected chi connectivity index (χ3v) is 2.65. The normalized spacial score (nSPS) is 10.2. The van der Waals surface area contributed by atoms with Gasteiger partial charge in [-0.1, -0.05) is 17.7 Å². The summed E-state index contributed by atoms with van der Waals surface area (Å²) >= 11 is 6.08. The molecular weight excluding hydrogens is 252 g/mol. The summed E-state index contributed by atoms with van der Waals surface area (Å²) in [5.74, 6) is 1.25. The molecule has 2 N–H and O–H groups in total. The van der Waals surface area contributed by atoms with Crippen molar-refractivity contribution in [3.8, 4) is 17.5 Å². The number of rotatable bonds is 3. The van der Waals surface area contributed by atoms with E-state index in [2.05, 4.69) is 4.98 Å². The SMILES string of the molecule is COc1nc(Oc2ccc(C)cc2Cl)ccc1N. The van der Waals surface area contributed by atoms with E-state index in [1.54, 1.807) is 18.2 Å². The van der Waals surface area contributed by atoms with Crippen molar-refractivity contribution < 1.29 is 9.47 Å². The van der Waals surface area contributed by atoms with E-state index in [-0.39, 0.29) is 0 Å². The van der Waals surface area contributed by atoms with Gasteiger partial charge >= 0.3 is 0 Å². The first kappa shape index (κ1) is 12.5. The Labute approximate surface area is 110 Å². The van der Waals surface area contributed by atoms with Crippen LogP contribution in [0.5, 0.6) is 17.5 Å². The summed E-state index contributed by atoms with van der Waals surface area (Å²) in [6.45, 7) is 1.96. The molecule has 18 heavy (non-hydrogen) atoms. The highest BCUT2D eigenvalue weighted by Gasteiger charge is 2.07. The zero-order valence-corrected chi connectivity index (χ0v) is 10.9. The maximum Gasteiger partial charge on any atom is 0.240 e. The Balaban J connectivity index is 2.28. The molecule has 1 heterocycles. The lowest BCUT2D eigenvalue weighted by Gasteiger charge is -2.09. The van der Waals surface area contributed by atoms with Crippen LogP contribution in [0.15, 0.2) is 30.3 Å². The van der Waals surface area contributed by atoms with E-state index in [0.29, 0.717) is 28.2 Å². The lowest BCUT2D eigenvalue weighted by atomic mass is 10.2.